The minimum atomic E-state index is 0.258. The van der Waals surface area contributed by atoms with E-state index in [4.69, 9.17) is 0 Å². The van der Waals surface area contributed by atoms with Crippen LogP contribution in [0.5, 0.6) is 0 Å². The van der Waals surface area contributed by atoms with Gasteiger partial charge in [-0.25, -0.2) is 0 Å². The molecule has 0 heterocycles. The van der Waals surface area contributed by atoms with Crippen molar-refractivity contribution >= 4 is 22.8 Å². The summed E-state index contributed by atoms with van der Waals surface area (Å²) in [5.41, 5.74) is 21.3. The van der Waals surface area contributed by atoms with E-state index in [9.17, 15) is 0 Å². The first kappa shape index (κ1) is 33.4. The molecule has 270 valence electrons. The highest BCUT2D eigenvalue weighted by Gasteiger charge is 2.41. The predicted octanol–water partition coefficient (Wildman–Crippen LogP) is 13.9. The van der Waals surface area contributed by atoms with E-state index in [1.165, 1.54) is 77.9 Å². The number of benzene rings is 4. The van der Waals surface area contributed by atoms with Crippen LogP contribution < -0.4 is 0 Å². The molecule has 0 saturated heterocycles. The van der Waals surface area contributed by atoms with Gasteiger partial charge in [0.25, 0.3) is 0 Å². The summed E-state index contributed by atoms with van der Waals surface area (Å²) in [6.07, 6.45) is 41.7. The first-order chi connectivity index (χ1) is 27.8. The molecule has 0 N–H and O–H groups in total. The molecule has 5 atom stereocenters. The summed E-state index contributed by atoms with van der Waals surface area (Å²) in [5, 5.41) is 0. The van der Waals surface area contributed by atoms with Crippen LogP contribution in [0.4, 0.5) is 0 Å². The Hall–Kier alpha value is -5.98. The quantitative estimate of drug-likeness (QED) is 0.193. The molecule has 0 bridgehead atoms. The lowest BCUT2D eigenvalue weighted by Crippen LogP contribution is -2.29. The van der Waals surface area contributed by atoms with Gasteiger partial charge in [-0.2, -0.15) is 0 Å². The van der Waals surface area contributed by atoms with E-state index in [1.807, 2.05) is 0 Å². The van der Waals surface area contributed by atoms with E-state index in [0.717, 1.165) is 32.1 Å². The molecule has 0 fully saturated rings. The summed E-state index contributed by atoms with van der Waals surface area (Å²) in [4.78, 5) is 0. The Labute approximate surface area is 332 Å². The molecule has 4 aromatic rings. The van der Waals surface area contributed by atoms with Crippen molar-refractivity contribution in [2.45, 2.75) is 43.9 Å². The predicted molar refractivity (Wildman–Crippen MR) is 236 cm³/mol. The van der Waals surface area contributed by atoms with E-state index in [0.29, 0.717) is 23.7 Å². The highest BCUT2D eigenvalue weighted by molar-refractivity contribution is 5.95. The van der Waals surface area contributed by atoms with Crippen molar-refractivity contribution in [1.82, 2.24) is 0 Å². The summed E-state index contributed by atoms with van der Waals surface area (Å²) < 4.78 is 0. The lowest BCUT2D eigenvalue weighted by Gasteiger charge is -2.42. The maximum atomic E-state index is 2.63. The zero-order valence-corrected chi connectivity index (χ0v) is 31.8. The molecule has 5 unspecified atom stereocenters. The van der Waals surface area contributed by atoms with Gasteiger partial charge in [0.1, 0.15) is 0 Å². The molecular weight excluding hydrogens is 673 g/mol. The topological polar surface area (TPSA) is 0 Å². The third kappa shape index (κ3) is 5.49. The Morgan fingerprint density at radius 3 is 2.14 bits per heavy atom. The first-order valence-electron chi connectivity index (χ1n) is 20.8. The average Bonchev–Trinajstić information content (AvgIpc) is 3.27. The molecular formula is C56H46. The Balaban J connectivity index is 1.11. The van der Waals surface area contributed by atoms with Crippen LogP contribution in [0.1, 0.15) is 82.0 Å². The van der Waals surface area contributed by atoms with Crippen LogP contribution in [0.25, 0.3) is 22.8 Å². The van der Waals surface area contributed by atoms with Gasteiger partial charge in [0.2, 0.25) is 0 Å². The second kappa shape index (κ2) is 13.9. The Morgan fingerprint density at radius 1 is 0.518 bits per heavy atom. The molecule has 56 heavy (non-hydrogen) atoms. The highest BCUT2D eigenvalue weighted by Crippen LogP contribution is 2.56. The fourth-order valence-corrected chi connectivity index (χ4v) is 11.0. The van der Waals surface area contributed by atoms with Gasteiger partial charge in [0.05, 0.1) is 0 Å². The zero-order chi connectivity index (χ0) is 37.0. The fraction of sp³-hybridized carbons (Fsp3) is 0.179. The third-order valence-corrected chi connectivity index (χ3v) is 13.5. The Bertz CT molecular complexity index is 2610. The van der Waals surface area contributed by atoms with Crippen LogP contribution in [0.15, 0.2) is 204 Å². The summed E-state index contributed by atoms with van der Waals surface area (Å²) in [7, 11) is 0. The van der Waals surface area contributed by atoms with Crippen molar-refractivity contribution in [3.63, 3.8) is 0 Å². The molecule has 0 spiro atoms. The molecule has 0 aliphatic heterocycles. The van der Waals surface area contributed by atoms with Crippen molar-refractivity contribution in [1.29, 1.82) is 0 Å². The molecule has 7 aliphatic rings. The number of hydrogen-bond donors (Lipinski definition) is 0. The molecule has 0 aromatic heterocycles. The van der Waals surface area contributed by atoms with Crippen molar-refractivity contribution in [2.75, 3.05) is 0 Å². The number of allylic oxidation sites excluding steroid dienone is 20. The van der Waals surface area contributed by atoms with E-state index in [-0.39, 0.29) is 5.92 Å². The molecule has 7 aliphatic carbocycles. The van der Waals surface area contributed by atoms with Gasteiger partial charge in [-0.05, 0) is 122 Å². The lowest BCUT2D eigenvalue weighted by molar-refractivity contribution is 0.438. The fourth-order valence-electron chi connectivity index (χ4n) is 11.0. The average molecular weight is 719 g/mol. The second-order valence-corrected chi connectivity index (χ2v) is 16.4. The maximum Gasteiger partial charge on any atom is 0.0161 e. The van der Waals surface area contributed by atoms with Crippen LogP contribution in [0.3, 0.4) is 0 Å². The van der Waals surface area contributed by atoms with Gasteiger partial charge in [-0.15, -0.1) is 0 Å². The van der Waals surface area contributed by atoms with Gasteiger partial charge < -0.3 is 0 Å². The smallest absolute Gasteiger partial charge is 0.0161 e. The molecule has 0 heteroatoms. The van der Waals surface area contributed by atoms with E-state index >= 15 is 0 Å². The van der Waals surface area contributed by atoms with Crippen molar-refractivity contribution in [3.8, 4) is 0 Å². The van der Waals surface area contributed by atoms with Crippen LogP contribution in [0, 0.1) is 17.8 Å². The molecule has 0 amide bonds. The minimum absolute atomic E-state index is 0.258. The van der Waals surface area contributed by atoms with Gasteiger partial charge in [0.15, 0.2) is 0 Å². The van der Waals surface area contributed by atoms with E-state index in [1.54, 1.807) is 5.57 Å². The molecule has 4 aromatic carbocycles. The molecule has 0 radical (unpaired) electrons. The van der Waals surface area contributed by atoms with E-state index in [2.05, 4.69) is 188 Å². The minimum Gasteiger partial charge on any atom is -0.0842 e. The standard InChI is InChI=1S/C56H46/c1-3-16-37(17-4-1)38-30-32-41(33-31-38)54-49-27-13-14-28-50(49)56(44-29-15-21-39-18-7-8-22-43(39)44)52-36-42(34-35-51(52)54)55-47-25-11-9-23-45(47)53(40-19-5-2-6-20-40)46-24-10-12-26-48(46)55/h1-5,7,9-19,21,23-32,34-36,41,45,51,53-54H,6,8,20,22,33H2. The van der Waals surface area contributed by atoms with Gasteiger partial charge in [-0.1, -0.05) is 188 Å². The Morgan fingerprint density at radius 2 is 1.30 bits per heavy atom. The normalized spacial score (nSPS) is 25.4. The maximum absolute atomic E-state index is 2.63. The largest absolute Gasteiger partial charge is 0.0842 e. The van der Waals surface area contributed by atoms with Crippen molar-refractivity contribution < 1.29 is 0 Å². The van der Waals surface area contributed by atoms with Gasteiger partial charge >= 0.3 is 0 Å². The SMILES string of the molecule is C1=CCCC(C2c3ccccc3C(C3=CC4=C(c5cccc6c5CCC=C6)c5ccccc5C(C5C=CC(c6ccccc6)=CC5)C4C=C3)=C3C=CC=CC32)=C1. The number of fused-ring (bicyclic) bond motifs is 5. The number of rotatable bonds is 5. The molecule has 0 nitrogen and oxygen atoms in total. The van der Waals surface area contributed by atoms with Crippen LogP contribution in [-0.4, -0.2) is 0 Å². The van der Waals surface area contributed by atoms with Gasteiger partial charge in [0, 0.05) is 23.7 Å². The Kier molecular flexibility index (Phi) is 8.31. The van der Waals surface area contributed by atoms with Crippen LogP contribution in [-0.2, 0) is 6.42 Å². The molecule has 0 saturated carbocycles. The zero-order valence-electron chi connectivity index (χ0n) is 31.8. The summed E-state index contributed by atoms with van der Waals surface area (Å²) >= 11 is 0. The van der Waals surface area contributed by atoms with Gasteiger partial charge in [-0.3, -0.25) is 0 Å². The monoisotopic (exact) mass is 718 g/mol. The summed E-state index contributed by atoms with van der Waals surface area (Å²) in [5.74, 6) is 1.65. The second-order valence-electron chi connectivity index (χ2n) is 16.4. The molecule has 11 rings (SSSR count). The first-order valence-corrected chi connectivity index (χ1v) is 20.8. The van der Waals surface area contributed by atoms with Crippen LogP contribution in [0.2, 0.25) is 0 Å². The number of hydrogen-bond acceptors (Lipinski definition) is 0. The third-order valence-electron chi connectivity index (χ3n) is 13.5. The summed E-state index contributed by atoms with van der Waals surface area (Å²) in [6.45, 7) is 0. The lowest BCUT2D eigenvalue weighted by atomic mass is 9.61. The highest BCUT2D eigenvalue weighted by atomic mass is 14.4. The summed E-state index contributed by atoms with van der Waals surface area (Å²) in [6, 6.07) is 36.6. The van der Waals surface area contributed by atoms with Crippen molar-refractivity contribution in [3.05, 3.63) is 249 Å². The van der Waals surface area contributed by atoms with Crippen molar-refractivity contribution in [2.24, 2.45) is 17.8 Å². The van der Waals surface area contributed by atoms with Crippen LogP contribution >= 0.6 is 0 Å². The van der Waals surface area contributed by atoms with E-state index < -0.39 is 0 Å².